The maximum atomic E-state index is 11.0. The Morgan fingerprint density at radius 2 is 2.03 bits per heavy atom. The van der Waals surface area contributed by atoms with Crippen molar-refractivity contribution in [2.75, 3.05) is 13.2 Å². The Morgan fingerprint density at radius 1 is 1.12 bits per heavy atom. The highest BCUT2D eigenvalue weighted by Crippen LogP contribution is 2.29. The van der Waals surface area contributed by atoms with Gasteiger partial charge in [0.25, 0.3) is 0 Å². The predicted octanol–water partition coefficient (Wildman–Crippen LogP) is 4.57. The first kappa shape index (κ1) is 21.6. The SMILES string of the molecule is Cc1c(CC(=O)O)cccc1OCCONC1=CCCc2cc(-c3ccccn3)ccc21. The molecule has 1 heterocycles. The van der Waals surface area contributed by atoms with E-state index < -0.39 is 5.97 Å². The highest BCUT2D eigenvalue weighted by molar-refractivity contribution is 5.72. The van der Waals surface area contributed by atoms with Gasteiger partial charge in [0, 0.05) is 17.3 Å². The van der Waals surface area contributed by atoms with Gasteiger partial charge < -0.3 is 9.84 Å². The molecular weight excluding hydrogens is 404 g/mol. The number of hydroxylamine groups is 1. The summed E-state index contributed by atoms with van der Waals surface area (Å²) in [6.45, 7) is 2.57. The van der Waals surface area contributed by atoms with E-state index in [1.165, 1.54) is 5.56 Å². The number of ether oxygens (including phenoxy) is 1. The van der Waals surface area contributed by atoms with E-state index in [1.807, 2.05) is 43.5 Å². The van der Waals surface area contributed by atoms with E-state index >= 15 is 0 Å². The van der Waals surface area contributed by atoms with Gasteiger partial charge in [0.2, 0.25) is 0 Å². The first-order valence-corrected chi connectivity index (χ1v) is 10.7. The zero-order valence-corrected chi connectivity index (χ0v) is 18.0. The first-order chi connectivity index (χ1) is 15.6. The van der Waals surface area contributed by atoms with Crippen LogP contribution in [-0.4, -0.2) is 29.3 Å². The summed E-state index contributed by atoms with van der Waals surface area (Å²) in [4.78, 5) is 21.1. The number of rotatable bonds is 9. The number of fused-ring (bicyclic) bond motifs is 1. The quantitative estimate of drug-likeness (QED) is 0.382. The van der Waals surface area contributed by atoms with Crippen molar-refractivity contribution in [2.45, 2.75) is 26.2 Å². The Balaban J connectivity index is 1.31. The van der Waals surface area contributed by atoms with E-state index in [2.05, 4.69) is 34.7 Å². The number of hydrogen-bond donors (Lipinski definition) is 2. The van der Waals surface area contributed by atoms with Crippen LogP contribution in [0.5, 0.6) is 5.75 Å². The van der Waals surface area contributed by atoms with Crippen LogP contribution in [0.4, 0.5) is 0 Å². The third-order valence-electron chi connectivity index (χ3n) is 5.48. The number of hydrogen-bond acceptors (Lipinski definition) is 5. The van der Waals surface area contributed by atoms with E-state index in [0.29, 0.717) is 19.0 Å². The van der Waals surface area contributed by atoms with Gasteiger partial charge in [-0.2, -0.15) is 0 Å². The molecule has 164 valence electrons. The molecule has 4 rings (SSSR count). The molecule has 0 bridgehead atoms. The molecule has 0 unspecified atom stereocenters. The van der Waals surface area contributed by atoms with Crippen LogP contribution < -0.4 is 10.2 Å². The zero-order valence-electron chi connectivity index (χ0n) is 18.0. The van der Waals surface area contributed by atoms with Gasteiger partial charge in [0.15, 0.2) is 0 Å². The van der Waals surface area contributed by atoms with Gasteiger partial charge in [-0.15, -0.1) is 0 Å². The number of nitrogens with zero attached hydrogens (tertiary/aromatic N) is 1. The normalized spacial score (nSPS) is 12.6. The average molecular weight is 431 g/mol. The molecule has 3 aromatic rings. The summed E-state index contributed by atoms with van der Waals surface area (Å²) in [5, 5.41) is 9.02. The zero-order chi connectivity index (χ0) is 22.3. The second-order valence-corrected chi connectivity index (χ2v) is 7.65. The average Bonchev–Trinajstić information content (AvgIpc) is 2.81. The largest absolute Gasteiger partial charge is 0.491 e. The fraction of sp³-hybridized carbons (Fsp3) is 0.231. The number of pyridine rings is 1. The smallest absolute Gasteiger partial charge is 0.307 e. The van der Waals surface area contributed by atoms with Gasteiger partial charge in [-0.1, -0.05) is 36.4 Å². The van der Waals surface area contributed by atoms with Crippen molar-refractivity contribution < 1.29 is 19.5 Å². The minimum absolute atomic E-state index is 0.0172. The molecule has 32 heavy (non-hydrogen) atoms. The lowest BCUT2D eigenvalue weighted by Gasteiger charge is -2.20. The molecule has 6 nitrogen and oxygen atoms in total. The summed E-state index contributed by atoms with van der Waals surface area (Å²) in [5.74, 6) is -0.178. The molecule has 6 heteroatoms. The minimum atomic E-state index is -0.856. The standard InChI is InChI=1S/C26H26N2O4/c1-18-19(17-26(29)30)6-5-10-25(18)31-14-15-32-28-24-9-4-7-20-16-21(11-12-22(20)24)23-8-2-3-13-27-23/h2-3,5-6,8-13,16,28H,4,7,14-15,17H2,1H3,(H,29,30). The second-order valence-electron chi connectivity index (χ2n) is 7.65. The van der Waals surface area contributed by atoms with E-state index in [4.69, 9.17) is 14.7 Å². The van der Waals surface area contributed by atoms with E-state index in [1.54, 1.807) is 6.07 Å². The summed E-state index contributed by atoms with van der Waals surface area (Å²) in [6, 6.07) is 17.8. The highest BCUT2D eigenvalue weighted by atomic mass is 16.7. The van der Waals surface area contributed by atoms with Crippen molar-refractivity contribution in [2.24, 2.45) is 0 Å². The Morgan fingerprint density at radius 3 is 2.84 bits per heavy atom. The molecule has 1 aromatic heterocycles. The molecule has 0 saturated carbocycles. The summed E-state index contributed by atoms with van der Waals surface area (Å²) in [5.41, 5.74) is 10.1. The third kappa shape index (κ3) is 5.15. The van der Waals surface area contributed by atoms with Crippen LogP contribution >= 0.6 is 0 Å². The third-order valence-corrected chi connectivity index (χ3v) is 5.48. The molecular formula is C26H26N2O4. The van der Waals surface area contributed by atoms with Gasteiger partial charge in [-0.25, -0.2) is 0 Å². The van der Waals surface area contributed by atoms with Crippen LogP contribution in [0, 0.1) is 6.92 Å². The van der Waals surface area contributed by atoms with Crippen LogP contribution in [0.15, 0.2) is 66.9 Å². The number of carboxylic acid groups (broad SMARTS) is 1. The van der Waals surface area contributed by atoms with Gasteiger partial charge >= 0.3 is 5.97 Å². The molecule has 0 atom stereocenters. The van der Waals surface area contributed by atoms with Crippen LogP contribution in [0.2, 0.25) is 0 Å². The van der Waals surface area contributed by atoms with Crippen LogP contribution in [0.1, 0.15) is 28.7 Å². The molecule has 0 aliphatic heterocycles. The number of carboxylic acids is 1. The maximum Gasteiger partial charge on any atom is 0.307 e. The topological polar surface area (TPSA) is 80.7 Å². The Hall–Kier alpha value is -3.64. The lowest BCUT2D eigenvalue weighted by atomic mass is 9.92. The Bertz CT molecular complexity index is 1130. The van der Waals surface area contributed by atoms with E-state index in [9.17, 15) is 4.79 Å². The lowest BCUT2D eigenvalue weighted by Crippen LogP contribution is -2.20. The van der Waals surface area contributed by atoms with Gasteiger partial charge in [0.1, 0.15) is 19.0 Å². The van der Waals surface area contributed by atoms with Gasteiger partial charge in [-0.3, -0.25) is 20.1 Å². The minimum Gasteiger partial charge on any atom is -0.491 e. The number of carbonyl (C=O) groups is 1. The Kier molecular flexibility index (Phi) is 6.82. The monoisotopic (exact) mass is 430 g/mol. The second kappa shape index (κ2) is 10.1. The lowest BCUT2D eigenvalue weighted by molar-refractivity contribution is -0.136. The number of aryl methyl sites for hydroxylation is 1. The number of aliphatic carboxylic acids is 1. The van der Waals surface area contributed by atoms with Gasteiger partial charge in [-0.05, 0) is 60.7 Å². The maximum absolute atomic E-state index is 11.0. The van der Waals surface area contributed by atoms with Crippen LogP contribution in [0.25, 0.3) is 17.0 Å². The fourth-order valence-corrected chi connectivity index (χ4v) is 3.83. The summed E-state index contributed by atoms with van der Waals surface area (Å²) in [7, 11) is 0. The van der Waals surface area contributed by atoms with Crippen molar-refractivity contribution >= 4 is 11.7 Å². The summed E-state index contributed by atoms with van der Waals surface area (Å²) < 4.78 is 5.80. The molecule has 1 aliphatic rings. The van der Waals surface area contributed by atoms with Crippen molar-refractivity contribution in [3.8, 4) is 17.0 Å². The molecule has 0 spiro atoms. The molecule has 1 aliphatic carbocycles. The molecule has 0 saturated heterocycles. The number of allylic oxidation sites excluding steroid dienone is 1. The molecule has 2 N–H and O–H groups in total. The Labute approximate surface area is 187 Å². The van der Waals surface area contributed by atoms with E-state index in [0.717, 1.165) is 46.5 Å². The van der Waals surface area contributed by atoms with Crippen molar-refractivity contribution in [1.29, 1.82) is 0 Å². The molecule has 0 fully saturated rings. The summed E-state index contributed by atoms with van der Waals surface area (Å²) >= 11 is 0. The van der Waals surface area contributed by atoms with E-state index in [-0.39, 0.29) is 6.42 Å². The first-order valence-electron chi connectivity index (χ1n) is 10.7. The van der Waals surface area contributed by atoms with Crippen LogP contribution in [-0.2, 0) is 22.5 Å². The number of nitrogens with one attached hydrogen (secondary N) is 1. The highest BCUT2D eigenvalue weighted by Gasteiger charge is 2.14. The fourth-order valence-electron chi connectivity index (χ4n) is 3.83. The number of aromatic nitrogens is 1. The predicted molar refractivity (Wildman–Crippen MR) is 123 cm³/mol. The molecule has 0 amide bonds. The molecule has 2 aromatic carbocycles. The summed E-state index contributed by atoms with van der Waals surface area (Å²) in [6.07, 6.45) is 5.86. The van der Waals surface area contributed by atoms with Crippen molar-refractivity contribution in [3.05, 3.63) is 89.1 Å². The van der Waals surface area contributed by atoms with Gasteiger partial charge in [0.05, 0.1) is 17.8 Å². The van der Waals surface area contributed by atoms with Crippen molar-refractivity contribution in [3.63, 3.8) is 0 Å². The number of benzene rings is 2. The van der Waals surface area contributed by atoms with Crippen LogP contribution in [0.3, 0.4) is 0 Å². The van der Waals surface area contributed by atoms with Crippen molar-refractivity contribution in [1.82, 2.24) is 10.5 Å². The molecule has 0 radical (unpaired) electrons.